The summed E-state index contributed by atoms with van der Waals surface area (Å²) in [5.41, 5.74) is 1.32. The van der Waals surface area contributed by atoms with Crippen LogP contribution < -0.4 is 10.1 Å². The number of aromatic nitrogens is 1. The van der Waals surface area contributed by atoms with Crippen LogP contribution in [-0.4, -0.2) is 18.1 Å². The predicted octanol–water partition coefficient (Wildman–Crippen LogP) is 3.46. The Bertz CT molecular complexity index is 584. The molecule has 1 aromatic carbocycles. The molecule has 1 heterocycles. The average Bonchev–Trinajstić information content (AvgIpc) is 2.44. The van der Waals surface area contributed by atoms with Crippen LogP contribution in [0.15, 0.2) is 36.7 Å². The summed E-state index contributed by atoms with van der Waals surface area (Å²) in [6, 6.07) is 5.00. The summed E-state index contributed by atoms with van der Waals surface area (Å²) in [5, 5.41) is 3.21. The van der Waals surface area contributed by atoms with E-state index in [4.69, 9.17) is 4.74 Å². The van der Waals surface area contributed by atoms with Crippen molar-refractivity contribution in [2.24, 2.45) is 0 Å². The minimum absolute atomic E-state index is 0.340. The van der Waals surface area contributed by atoms with E-state index in [0.717, 1.165) is 11.6 Å². The molecule has 0 saturated carbocycles. The number of pyridine rings is 1. The third kappa shape index (κ3) is 3.98. The molecule has 112 valence electrons. The maximum absolute atomic E-state index is 13.4. The lowest BCUT2D eigenvalue weighted by molar-refractivity contribution is 0.338. The Morgan fingerprint density at radius 1 is 1.05 bits per heavy atom. The first kappa shape index (κ1) is 15.4. The third-order valence-corrected chi connectivity index (χ3v) is 3.01. The zero-order valence-corrected chi connectivity index (χ0v) is 12.1. The highest BCUT2D eigenvalue weighted by Gasteiger charge is 2.16. The lowest BCUT2D eigenvalue weighted by Crippen LogP contribution is -2.22. The molecular formula is C16H18F2N2O. The van der Waals surface area contributed by atoms with Crippen molar-refractivity contribution in [2.75, 3.05) is 13.2 Å². The Balaban J connectivity index is 2.40. The van der Waals surface area contributed by atoms with Crippen LogP contribution in [0, 0.1) is 11.6 Å². The van der Waals surface area contributed by atoms with Gasteiger partial charge in [0, 0.05) is 12.3 Å². The van der Waals surface area contributed by atoms with Gasteiger partial charge in [0.25, 0.3) is 0 Å². The zero-order chi connectivity index (χ0) is 15.2. The van der Waals surface area contributed by atoms with Crippen molar-refractivity contribution in [2.45, 2.75) is 19.9 Å². The number of rotatable bonds is 6. The molecule has 0 amide bonds. The number of hydrogen-bond acceptors (Lipinski definition) is 3. The summed E-state index contributed by atoms with van der Waals surface area (Å²) < 4.78 is 32.3. The fourth-order valence-electron chi connectivity index (χ4n) is 2.21. The molecule has 1 unspecified atom stereocenters. The number of nitrogens with one attached hydrogen (secondary N) is 1. The standard InChI is InChI=1S/C16H18F2N2O/c1-3-20-16(11-5-13(17)8-14(18)6-11)12-7-15(21-4-2)10-19-9-12/h5-10,16,20H,3-4H2,1-2H3. The van der Waals surface area contributed by atoms with Crippen molar-refractivity contribution in [3.63, 3.8) is 0 Å². The van der Waals surface area contributed by atoms with Crippen LogP contribution in [0.5, 0.6) is 5.75 Å². The zero-order valence-electron chi connectivity index (χ0n) is 12.1. The molecule has 0 aliphatic heterocycles. The number of ether oxygens (including phenoxy) is 1. The lowest BCUT2D eigenvalue weighted by Gasteiger charge is -2.19. The molecule has 2 aromatic rings. The monoisotopic (exact) mass is 292 g/mol. The van der Waals surface area contributed by atoms with E-state index in [2.05, 4.69) is 10.3 Å². The highest BCUT2D eigenvalue weighted by molar-refractivity contribution is 5.34. The third-order valence-electron chi connectivity index (χ3n) is 3.01. The Kier molecular flexibility index (Phi) is 5.22. The molecule has 5 heteroatoms. The normalized spacial score (nSPS) is 12.2. The molecular weight excluding hydrogens is 274 g/mol. The fourth-order valence-corrected chi connectivity index (χ4v) is 2.21. The second-order valence-electron chi connectivity index (χ2n) is 4.58. The van der Waals surface area contributed by atoms with Gasteiger partial charge in [-0.3, -0.25) is 4.98 Å². The number of halogens is 2. The molecule has 0 spiro atoms. The first-order valence-corrected chi connectivity index (χ1v) is 6.91. The van der Waals surface area contributed by atoms with E-state index < -0.39 is 11.6 Å². The summed E-state index contributed by atoms with van der Waals surface area (Å²) in [4.78, 5) is 4.12. The molecule has 0 aliphatic carbocycles. The largest absolute Gasteiger partial charge is 0.492 e. The first-order chi connectivity index (χ1) is 10.1. The average molecular weight is 292 g/mol. The van der Waals surface area contributed by atoms with Crippen molar-refractivity contribution in [1.29, 1.82) is 0 Å². The molecule has 2 rings (SSSR count). The topological polar surface area (TPSA) is 34.2 Å². The fraction of sp³-hybridized carbons (Fsp3) is 0.312. The van der Waals surface area contributed by atoms with Crippen molar-refractivity contribution < 1.29 is 13.5 Å². The molecule has 1 aromatic heterocycles. The van der Waals surface area contributed by atoms with Gasteiger partial charge in [0.2, 0.25) is 0 Å². The number of hydrogen-bond donors (Lipinski definition) is 1. The van der Waals surface area contributed by atoms with E-state index in [1.165, 1.54) is 12.1 Å². The summed E-state index contributed by atoms with van der Waals surface area (Å²) >= 11 is 0. The smallest absolute Gasteiger partial charge is 0.137 e. The molecule has 1 atom stereocenters. The van der Waals surface area contributed by atoms with E-state index >= 15 is 0 Å². The van der Waals surface area contributed by atoms with Crippen LogP contribution in [0.2, 0.25) is 0 Å². The van der Waals surface area contributed by atoms with Gasteiger partial charge in [0.15, 0.2) is 0 Å². The van der Waals surface area contributed by atoms with Gasteiger partial charge in [-0.2, -0.15) is 0 Å². The molecule has 0 bridgehead atoms. The van der Waals surface area contributed by atoms with E-state index in [1.54, 1.807) is 12.4 Å². The minimum Gasteiger partial charge on any atom is -0.492 e. The summed E-state index contributed by atoms with van der Waals surface area (Å²) in [6.45, 7) is 5.01. The summed E-state index contributed by atoms with van der Waals surface area (Å²) in [7, 11) is 0. The maximum Gasteiger partial charge on any atom is 0.137 e. The van der Waals surface area contributed by atoms with Crippen LogP contribution in [0.4, 0.5) is 8.78 Å². The lowest BCUT2D eigenvalue weighted by atomic mass is 9.99. The highest BCUT2D eigenvalue weighted by Crippen LogP contribution is 2.25. The minimum atomic E-state index is -0.596. The van der Waals surface area contributed by atoms with Gasteiger partial charge in [-0.25, -0.2) is 8.78 Å². The van der Waals surface area contributed by atoms with Crippen LogP contribution >= 0.6 is 0 Å². The number of nitrogens with zero attached hydrogens (tertiary/aromatic N) is 1. The van der Waals surface area contributed by atoms with E-state index in [1.807, 2.05) is 19.9 Å². The molecule has 0 saturated heterocycles. The quantitative estimate of drug-likeness (QED) is 0.885. The van der Waals surface area contributed by atoms with Gasteiger partial charge in [-0.15, -0.1) is 0 Å². The van der Waals surface area contributed by atoms with Crippen LogP contribution in [-0.2, 0) is 0 Å². The molecule has 0 fully saturated rings. The second kappa shape index (κ2) is 7.13. The van der Waals surface area contributed by atoms with E-state index in [0.29, 0.717) is 24.5 Å². The van der Waals surface area contributed by atoms with Crippen LogP contribution in [0.1, 0.15) is 31.0 Å². The highest BCUT2D eigenvalue weighted by atomic mass is 19.1. The Hall–Kier alpha value is -2.01. The second-order valence-corrected chi connectivity index (χ2v) is 4.58. The summed E-state index contributed by atoms with van der Waals surface area (Å²) in [5.74, 6) is -0.557. The van der Waals surface area contributed by atoms with Crippen molar-refractivity contribution >= 4 is 0 Å². The van der Waals surface area contributed by atoms with Crippen LogP contribution in [0.25, 0.3) is 0 Å². The summed E-state index contributed by atoms with van der Waals surface area (Å²) in [6.07, 6.45) is 3.28. The Morgan fingerprint density at radius 3 is 2.38 bits per heavy atom. The van der Waals surface area contributed by atoms with Gasteiger partial charge in [0.1, 0.15) is 17.4 Å². The van der Waals surface area contributed by atoms with Gasteiger partial charge in [-0.05, 0) is 42.8 Å². The van der Waals surface area contributed by atoms with Crippen molar-refractivity contribution in [1.82, 2.24) is 10.3 Å². The van der Waals surface area contributed by atoms with Crippen LogP contribution in [0.3, 0.4) is 0 Å². The number of benzene rings is 1. The van der Waals surface area contributed by atoms with Crippen molar-refractivity contribution in [3.8, 4) is 5.75 Å². The maximum atomic E-state index is 13.4. The first-order valence-electron chi connectivity index (χ1n) is 6.91. The van der Waals surface area contributed by atoms with E-state index in [9.17, 15) is 8.78 Å². The van der Waals surface area contributed by atoms with Gasteiger partial charge >= 0.3 is 0 Å². The Labute approximate surface area is 123 Å². The molecule has 1 N–H and O–H groups in total. The Morgan fingerprint density at radius 2 is 1.76 bits per heavy atom. The van der Waals surface area contributed by atoms with E-state index in [-0.39, 0.29) is 6.04 Å². The molecule has 0 aliphatic rings. The van der Waals surface area contributed by atoms with Gasteiger partial charge < -0.3 is 10.1 Å². The molecule has 0 radical (unpaired) electrons. The van der Waals surface area contributed by atoms with Gasteiger partial charge in [-0.1, -0.05) is 6.92 Å². The van der Waals surface area contributed by atoms with Gasteiger partial charge in [0.05, 0.1) is 18.8 Å². The SMILES string of the molecule is CCNC(c1cc(F)cc(F)c1)c1cncc(OCC)c1. The predicted molar refractivity (Wildman–Crippen MR) is 77.3 cm³/mol. The molecule has 21 heavy (non-hydrogen) atoms. The molecule has 3 nitrogen and oxygen atoms in total. The van der Waals surface area contributed by atoms with Crippen molar-refractivity contribution in [3.05, 3.63) is 59.4 Å².